The summed E-state index contributed by atoms with van der Waals surface area (Å²) in [7, 11) is 3.68. The Morgan fingerprint density at radius 2 is 1.79 bits per heavy atom. The lowest BCUT2D eigenvalue weighted by molar-refractivity contribution is -0.129. The van der Waals surface area contributed by atoms with E-state index in [4.69, 9.17) is 9.97 Å². The van der Waals surface area contributed by atoms with Gasteiger partial charge >= 0.3 is 0 Å². The molecule has 0 unspecified atom stereocenters. The first kappa shape index (κ1) is 31.7. The van der Waals surface area contributed by atoms with Gasteiger partial charge < -0.3 is 15.1 Å². The Morgan fingerprint density at radius 3 is 2.49 bits per heavy atom. The minimum absolute atomic E-state index is 0.0112. The number of rotatable bonds is 9. The van der Waals surface area contributed by atoms with E-state index in [1.54, 1.807) is 22.8 Å². The molecule has 0 bridgehead atoms. The molecule has 2 aliphatic rings. The number of anilines is 3. The van der Waals surface area contributed by atoms with Gasteiger partial charge in [-0.15, -0.1) is 0 Å². The maximum atomic E-state index is 13.8. The number of hydrogen-bond donors (Lipinski definition) is 1. The number of nitrogens with one attached hydrogen (secondary N) is 1. The lowest BCUT2D eigenvalue weighted by Gasteiger charge is -2.36. The lowest BCUT2D eigenvalue weighted by atomic mass is 9.89. The van der Waals surface area contributed by atoms with Crippen molar-refractivity contribution in [1.82, 2.24) is 29.6 Å². The monoisotopic (exact) mass is 632 g/mol. The zero-order valence-electron chi connectivity index (χ0n) is 26.9. The number of hydrogen-bond acceptors (Lipinski definition) is 9. The molecule has 1 aliphatic heterocycles. The minimum atomic E-state index is 0.0112. The molecule has 1 aromatic carbocycles. The van der Waals surface area contributed by atoms with Crippen LogP contribution in [-0.4, -0.2) is 80.2 Å². The molecule has 1 aliphatic carbocycles. The van der Waals surface area contributed by atoms with Crippen LogP contribution in [0.1, 0.15) is 49.7 Å². The van der Waals surface area contributed by atoms with Gasteiger partial charge in [-0.1, -0.05) is 30.3 Å². The summed E-state index contributed by atoms with van der Waals surface area (Å²) in [5.41, 5.74) is 3.45. The molecule has 6 rings (SSSR count). The standard InChI is InChI=1S/C35H40N10O2/c1-42-18-19-44(17-16-32(42)46)34-27(20-36)22-38-35(41-34)40-29-10-12-30(13-11-29)45(33(47)15-8-25-6-4-3-5-7-25)31-14-9-26(21-37-31)28-23-39-43(2)24-28/h3-7,9,14,21-24,29-30H,8,10-13,15-19H2,1-2H3,(H,38,40,41). The van der Waals surface area contributed by atoms with Crippen LogP contribution in [0.2, 0.25) is 0 Å². The van der Waals surface area contributed by atoms with Gasteiger partial charge in [-0.2, -0.15) is 15.3 Å². The van der Waals surface area contributed by atoms with Crippen molar-refractivity contribution in [2.75, 3.05) is 41.8 Å². The third-order valence-electron chi connectivity index (χ3n) is 9.08. The van der Waals surface area contributed by atoms with Crippen LogP contribution in [0.15, 0.2) is 67.3 Å². The van der Waals surface area contributed by atoms with Gasteiger partial charge in [-0.25, -0.2) is 9.97 Å². The summed E-state index contributed by atoms with van der Waals surface area (Å²) in [5.74, 6) is 1.83. The maximum Gasteiger partial charge on any atom is 0.228 e. The lowest BCUT2D eigenvalue weighted by Crippen LogP contribution is -2.45. The fourth-order valence-electron chi connectivity index (χ4n) is 6.37. The largest absolute Gasteiger partial charge is 0.353 e. The van der Waals surface area contributed by atoms with Crippen LogP contribution in [0.25, 0.3) is 11.1 Å². The zero-order valence-corrected chi connectivity index (χ0v) is 26.9. The highest BCUT2D eigenvalue weighted by atomic mass is 16.2. The van der Waals surface area contributed by atoms with Gasteiger partial charge in [0.25, 0.3) is 0 Å². The Bertz CT molecular complexity index is 1730. The number of carbonyl (C=O) groups is 2. The highest BCUT2D eigenvalue weighted by Gasteiger charge is 2.31. The van der Waals surface area contributed by atoms with E-state index in [9.17, 15) is 14.9 Å². The van der Waals surface area contributed by atoms with Crippen LogP contribution in [0.5, 0.6) is 0 Å². The summed E-state index contributed by atoms with van der Waals surface area (Å²) in [4.78, 5) is 45.6. The predicted molar refractivity (Wildman–Crippen MR) is 180 cm³/mol. The highest BCUT2D eigenvalue weighted by molar-refractivity contribution is 5.93. The second-order valence-corrected chi connectivity index (χ2v) is 12.3. The normalized spacial score (nSPS) is 18.4. The van der Waals surface area contributed by atoms with E-state index in [-0.39, 0.29) is 23.9 Å². The smallest absolute Gasteiger partial charge is 0.228 e. The number of benzene rings is 1. The molecule has 12 heteroatoms. The number of likely N-dealkylation sites (N-methyl/N-ethyl adjacent to an activating group) is 1. The van der Waals surface area contributed by atoms with E-state index in [0.717, 1.165) is 42.4 Å². The second kappa shape index (κ2) is 14.4. The molecular formula is C35H40N10O2. The third kappa shape index (κ3) is 7.57. The molecule has 2 fully saturated rings. The van der Waals surface area contributed by atoms with Crippen molar-refractivity contribution in [3.8, 4) is 17.2 Å². The first-order valence-electron chi connectivity index (χ1n) is 16.2. The molecule has 1 N–H and O–H groups in total. The van der Waals surface area contributed by atoms with Crippen molar-refractivity contribution in [1.29, 1.82) is 5.26 Å². The molecule has 12 nitrogen and oxygen atoms in total. The number of pyridine rings is 1. The van der Waals surface area contributed by atoms with Crippen molar-refractivity contribution in [3.63, 3.8) is 0 Å². The van der Waals surface area contributed by atoms with E-state index < -0.39 is 0 Å². The quantitative estimate of drug-likeness (QED) is 0.288. The summed E-state index contributed by atoms with van der Waals surface area (Å²) < 4.78 is 1.76. The molecule has 4 aromatic rings. The van der Waals surface area contributed by atoms with Crippen LogP contribution in [0, 0.1) is 11.3 Å². The Labute approximate surface area is 275 Å². The fraction of sp³-hybridized carbons (Fsp3) is 0.400. The molecule has 47 heavy (non-hydrogen) atoms. The summed E-state index contributed by atoms with van der Waals surface area (Å²) in [5, 5.41) is 17.5. The number of aromatic nitrogens is 5. The first-order valence-corrected chi connectivity index (χ1v) is 16.2. The maximum absolute atomic E-state index is 13.8. The first-order chi connectivity index (χ1) is 22.9. The summed E-state index contributed by atoms with van der Waals surface area (Å²) in [6.07, 6.45) is 11.8. The van der Waals surface area contributed by atoms with Crippen molar-refractivity contribution in [3.05, 3.63) is 78.4 Å². The van der Waals surface area contributed by atoms with Gasteiger partial charge in [0, 0.05) is 82.2 Å². The number of aryl methyl sites for hydroxylation is 2. The molecular weight excluding hydrogens is 592 g/mol. The Kier molecular flexibility index (Phi) is 9.71. The van der Waals surface area contributed by atoms with E-state index in [0.29, 0.717) is 62.0 Å². The molecule has 1 saturated heterocycles. The molecule has 2 amide bonds. The Hall–Kier alpha value is -5.31. The number of nitriles is 1. The van der Waals surface area contributed by atoms with E-state index in [1.807, 2.05) is 65.8 Å². The molecule has 0 spiro atoms. The molecule has 0 atom stereocenters. The molecule has 4 heterocycles. The van der Waals surface area contributed by atoms with Crippen molar-refractivity contribution < 1.29 is 9.59 Å². The van der Waals surface area contributed by atoms with Crippen LogP contribution in [0.3, 0.4) is 0 Å². The van der Waals surface area contributed by atoms with Gasteiger partial charge in [0.05, 0.1) is 12.4 Å². The van der Waals surface area contributed by atoms with Crippen molar-refractivity contribution in [2.45, 2.75) is 57.0 Å². The number of amides is 2. The average molecular weight is 633 g/mol. The molecule has 0 radical (unpaired) electrons. The van der Waals surface area contributed by atoms with Crippen LogP contribution in [0.4, 0.5) is 17.6 Å². The van der Waals surface area contributed by atoms with Crippen LogP contribution >= 0.6 is 0 Å². The summed E-state index contributed by atoms with van der Waals surface area (Å²) in [6, 6.07) is 16.4. The van der Waals surface area contributed by atoms with E-state index in [1.165, 1.54) is 0 Å². The SMILES string of the molecule is CN1CCN(c2nc(NC3CCC(N(C(=O)CCc4ccccc4)c4ccc(-c5cnn(C)c5)cn4)CC3)ncc2C#N)CCC1=O. The van der Waals surface area contributed by atoms with Gasteiger partial charge in [0.1, 0.15) is 17.5 Å². The summed E-state index contributed by atoms with van der Waals surface area (Å²) >= 11 is 0. The average Bonchev–Trinajstić information content (AvgIpc) is 3.47. The minimum Gasteiger partial charge on any atom is -0.353 e. The van der Waals surface area contributed by atoms with Crippen molar-refractivity contribution in [2.24, 2.45) is 7.05 Å². The Balaban J connectivity index is 1.15. The van der Waals surface area contributed by atoms with Gasteiger partial charge in [-0.3, -0.25) is 19.2 Å². The van der Waals surface area contributed by atoms with Gasteiger partial charge in [-0.05, 0) is 49.8 Å². The van der Waals surface area contributed by atoms with Crippen LogP contribution < -0.4 is 15.1 Å². The Morgan fingerprint density at radius 1 is 0.979 bits per heavy atom. The summed E-state index contributed by atoms with van der Waals surface area (Å²) in [6.45, 7) is 1.68. The zero-order chi connectivity index (χ0) is 32.8. The topological polar surface area (TPSA) is 136 Å². The second-order valence-electron chi connectivity index (χ2n) is 12.3. The van der Waals surface area contributed by atoms with E-state index in [2.05, 4.69) is 33.6 Å². The van der Waals surface area contributed by atoms with E-state index >= 15 is 0 Å². The van der Waals surface area contributed by atoms with Gasteiger partial charge in [0.2, 0.25) is 17.8 Å². The predicted octanol–water partition coefficient (Wildman–Crippen LogP) is 4.20. The van der Waals surface area contributed by atoms with Crippen LogP contribution in [-0.2, 0) is 23.1 Å². The number of carbonyl (C=O) groups excluding carboxylic acids is 2. The molecule has 1 saturated carbocycles. The van der Waals surface area contributed by atoms with Gasteiger partial charge in [0.15, 0.2) is 5.82 Å². The van der Waals surface area contributed by atoms with Crippen molar-refractivity contribution >= 4 is 29.4 Å². The molecule has 3 aromatic heterocycles. The third-order valence-corrected chi connectivity index (χ3v) is 9.08. The molecule has 242 valence electrons. The fourth-order valence-corrected chi connectivity index (χ4v) is 6.37. The highest BCUT2D eigenvalue weighted by Crippen LogP contribution is 2.31. The number of nitrogens with zero attached hydrogens (tertiary/aromatic N) is 9.